The van der Waals surface area contributed by atoms with Crippen molar-refractivity contribution < 1.29 is 94.3 Å². The first-order valence-electron chi connectivity index (χ1n) is 14.5. The van der Waals surface area contributed by atoms with E-state index in [-0.39, 0.29) is 13.0 Å². The Morgan fingerprint density at radius 2 is 0.939 bits per heavy atom. The van der Waals surface area contributed by atoms with Crippen molar-refractivity contribution in [3.05, 3.63) is 0 Å². The molecule has 2 heterocycles. The van der Waals surface area contributed by atoms with Crippen LogP contribution in [-0.2, 0) is 38.1 Å². The molecule has 49 heavy (non-hydrogen) atoms. The van der Waals surface area contributed by atoms with Gasteiger partial charge in [-0.3, -0.25) is 19.2 Å². The van der Waals surface area contributed by atoms with Crippen LogP contribution in [0.2, 0.25) is 0 Å². The zero-order valence-electron chi connectivity index (χ0n) is 27.3. The minimum atomic E-state index is -1.66. The van der Waals surface area contributed by atoms with Gasteiger partial charge in [0.15, 0.2) is 12.6 Å². The number of hydrogen-bond acceptors (Lipinski definition) is 19. The summed E-state index contributed by atoms with van der Waals surface area (Å²) >= 11 is 0. The second-order valence-electron chi connectivity index (χ2n) is 10.9. The monoisotopic (exact) mass is 724 g/mol. The van der Waals surface area contributed by atoms with Gasteiger partial charge >= 0.3 is 0 Å². The van der Waals surface area contributed by atoms with Gasteiger partial charge in [0.05, 0.1) is 12.6 Å². The van der Waals surface area contributed by atoms with Crippen molar-refractivity contribution in [2.45, 2.75) is 126 Å². The molecule has 0 spiro atoms. The Bertz CT molecular complexity index is 880. The number of ether oxygens (including phenoxy) is 4. The van der Waals surface area contributed by atoms with Crippen molar-refractivity contribution in [1.29, 1.82) is 0 Å². The molecule has 2 aliphatic heterocycles. The quantitative estimate of drug-likeness (QED) is 0.121. The Kier molecular flexibility index (Phi) is 23.3. The summed E-state index contributed by atoms with van der Waals surface area (Å²) < 4.78 is 22.2. The Labute approximate surface area is 280 Å². The molecular formula is C26H52N4O19. The number of nitrogens with two attached hydrogens (primary N) is 4. The van der Waals surface area contributed by atoms with Crippen LogP contribution in [0.3, 0.4) is 0 Å². The van der Waals surface area contributed by atoms with Gasteiger partial charge in [0.25, 0.3) is 23.9 Å². The van der Waals surface area contributed by atoms with E-state index >= 15 is 0 Å². The second kappa shape index (κ2) is 23.6. The number of aliphatic hydroxyl groups is 7. The summed E-state index contributed by atoms with van der Waals surface area (Å²) in [5, 5.41) is 101. The average Bonchev–Trinajstić information content (AvgIpc) is 2.96. The molecule has 0 amide bonds. The Morgan fingerprint density at radius 3 is 1.29 bits per heavy atom. The molecule has 0 radical (unpaired) electrons. The number of aliphatic carboxylic acids is 4. The van der Waals surface area contributed by atoms with Crippen LogP contribution in [0.4, 0.5) is 0 Å². The number of aliphatic hydroxyl groups excluding tert-OH is 7. The smallest absolute Gasteiger partial charge is 0.300 e. The molecule has 1 saturated carbocycles. The lowest BCUT2D eigenvalue weighted by atomic mass is 9.84. The fraction of sp³-hybridized carbons (Fsp3) is 0.846. The summed E-state index contributed by atoms with van der Waals surface area (Å²) in [5.41, 5.74) is 23.5. The lowest BCUT2D eigenvalue weighted by molar-refractivity contribution is -0.332. The molecule has 0 aromatic rings. The predicted octanol–water partition coefficient (Wildman–Crippen LogP) is -6.93. The van der Waals surface area contributed by atoms with Crippen molar-refractivity contribution in [3.8, 4) is 0 Å². The summed E-state index contributed by atoms with van der Waals surface area (Å²) in [6.45, 7) is 3.57. The van der Waals surface area contributed by atoms with Gasteiger partial charge in [-0.25, -0.2) is 0 Å². The largest absolute Gasteiger partial charge is 0.481 e. The molecular weight excluding hydrogens is 672 g/mol. The molecule has 3 rings (SSSR count). The fourth-order valence-electron chi connectivity index (χ4n) is 4.40. The van der Waals surface area contributed by atoms with Gasteiger partial charge in [-0.15, -0.1) is 0 Å². The number of carboxylic acid groups (broad SMARTS) is 4. The summed E-state index contributed by atoms with van der Waals surface area (Å²) in [7, 11) is 0. The maximum absolute atomic E-state index is 10.9. The first-order valence-corrected chi connectivity index (χ1v) is 14.5. The third kappa shape index (κ3) is 17.7. The lowest BCUT2D eigenvalue weighted by Gasteiger charge is -2.48. The first-order chi connectivity index (χ1) is 22.4. The molecule has 0 aromatic heterocycles. The average molecular weight is 725 g/mol. The Hall–Kier alpha value is -2.72. The molecule has 0 aromatic carbocycles. The van der Waals surface area contributed by atoms with E-state index in [0.717, 1.165) is 27.7 Å². The summed E-state index contributed by atoms with van der Waals surface area (Å²) in [5.74, 6) is -3.33. The van der Waals surface area contributed by atoms with Crippen LogP contribution >= 0.6 is 0 Å². The number of rotatable bonds is 6. The van der Waals surface area contributed by atoms with E-state index in [1.807, 2.05) is 0 Å². The highest BCUT2D eigenvalue weighted by Crippen LogP contribution is 2.31. The molecule has 3 aliphatic rings. The van der Waals surface area contributed by atoms with E-state index in [1.54, 1.807) is 0 Å². The fourth-order valence-corrected chi connectivity index (χ4v) is 4.40. The molecule has 0 unspecified atom stereocenters. The van der Waals surface area contributed by atoms with E-state index in [2.05, 4.69) is 0 Å². The van der Waals surface area contributed by atoms with Gasteiger partial charge in [-0.05, 0) is 6.42 Å². The van der Waals surface area contributed by atoms with Crippen LogP contribution in [-0.4, -0.2) is 185 Å². The van der Waals surface area contributed by atoms with E-state index in [0.29, 0.717) is 0 Å². The zero-order chi connectivity index (χ0) is 38.9. The van der Waals surface area contributed by atoms with Crippen molar-refractivity contribution in [2.24, 2.45) is 22.9 Å². The molecule has 0 bridgehead atoms. The van der Waals surface area contributed by atoms with Crippen LogP contribution in [0.1, 0.15) is 34.1 Å². The van der Waals surface area contributed by atoms with Gasteiger partial charge < -0.3 is 98.1 Å². The lowest BCUT2D eigenvalue weighted by Crippen LogP contribution is -2.68. The van der Waals surface area contributed by atoms with Crippen LogP contribution in [0, 0.1) is 0 Å². The van der Waals surface area contributed by atoms with E-state index in [9.17, 15) is 35.7 Å². The van der Waals surface area contributed by atoms with Gasteiger partial charge in [0.2, 0.25) is 0 Å². The number of carbonyl (C=O) groups is 4. The molecule has 1 aliphatic carbocycles. The molecule has 2 saturated heterocycles. The highest BCUT2D eigenvalue weighted by atomic mass is 16.7. The van der Waals surface area contributed by atoms with Crippen molar-refractivity contribution in [2.75, 3.05) is 13.2 Å². The predicted molar refractivity (Wildman–Crippen MR) is 161 cm³/mol. The molecule has 15 atom stereocenters. The highest BCUT2D eigenvalue weighted by molar-refractivity contribution is 5.63. The molecule has 3 fully saturated rings. The first kappa shape index (κ1) is 48.4. The van der Waals surface area contributed by atoms with Gasteiger partial charge in [0.1, 0.15) is 61.0 Å². The number of carboxylic acids is 4. The molecule has 23 nitrogen and oxygen atoms in total. The Morgan fingerprint density at radius 1 is 0.592 bits per heavy atom. The normalized spacial score (nSPS) is 38.2. The summed E-state index contributed by atoms with van der Waals surface area (Å²) in [6.07, 6.45) is -16.5. The minimum Gasteiger partial charge on any atom is -0.481 e. The standard InChI is InChI=1S/C18H36N4O11.4C2H4O2/c19-2-6-10(25)12(27)13(28)18(30-6)33-16-5(21)1-4(20)15(14(16)29)32-17-11(26)8(22)9(24)7(3-23)31-17;4*1-2(3)4/h4-18,23-29H,1-3,19-22H2;4*1H3,(H,3,4)/t4-,5+,6-,7-,8+,9-,10-,11-,12+,13-,14-,15+,16-,17+,18-;;;;/m1..../s1. The Balaban J connectivity index is 0. The topological polar surface area (TPSA) is 432 Å². The SMILES string of the molecule is CC(=O)O.CC(=O)O.CC(=O)O.CC(=O)O.NC[C@H]1O[C@H](O[C@H]2[C@H](O)[C@@H](O[C@@H]3O[C@H](CO)[C@@H](O)[C@H](N)[C@H]3O)[C@H](N)C[C@@H]2N)[C@H](O)[C@@H](O)[C@@H]1O. The van der Waals surface area contributed by atoms with Crippen molar-refractivity contribution in [1.82, 2.24) is 0 Å². The maximum atomic E-state index is 10.9. The molecule has 290 valence electrons. The third-order valence-corrected chi connectivity index (χ3v) is 6.48. The molecule has 19 N–H and O–H groups in total. The van der Waals surface area contributed by atoms with Crippen molar-refractivity contribution >= 4 is 23.9 Å². The van der Waals surface area contributed by atoms with Gasteiger partial charge in [-0.2, -0.15) is 0 Å². The third-order valence-electron chi connectivity index (χ3n) is 6.48. The zero-order valence-corrected chi connectivity index (χ0v) is 27.3. The van der Waals surface area contributed by atoms with Crippen LogP contribution in [0.5, 0.6) is 0 Å². The van der Waals surface area contributed by atoms with Crippen LogP contribution in [0.25, 0.3) is 0 Å². The number of hydrogen-bond donors (Lipinski definition) is 15. The van der Waals surface area contributed by atoms with E-state index in [1.165, 1.54) is 0 Å². The van der Waals surface area contributed by atoms with Gasteiger partial charge in [-0.1, -0.05) is 0 Å². The van der Waals surface area contributed by atoms with Gasteiger partial charge in [0, 0.05) is 46.3 Å². The van der Waals surface area contributed by atoms with E-state index < -0.39 is 122 Å². The maximum Gasteiger partial charge on any atom is 0.300 e. The minimum absolute atomic E-state index is 0.0849. The second-order valence-corrected chi connectivity index (χ2v) is 10.9. The van der Waals surface area contributed by atoms with Crippen molar-refractivity contribution in [3.63, 3.8) is 0 Å². The summed E-state index contributed by atoms with van der Waals surface area (Å²) in [6, 6.07) is -2.86. The summed E-state index contributed by atoms with van der Waals surface area (Å²) in [4.78, 5) is 36.0. The van der Waals surface area contributed by atoms with Crippen LogP contribution < -0.4 is 22.9 Å². The van der Waals surface area contributed by atoms with Crippen LogP contribution in [0.15, 0.2) is 0 Å². The highest BCUT2D eigenvalue weighted by Gasteiger charge is 2.51. The van der Waals surface area contributed by atoms with E-state index in [4.69, 9.17) is 81.5 Å². The molecule has 23 heteroatoms.